The second-order valence-corrected chi connectivity index (χ2v) is 9.88. The van der Waals surface area contributed by atoms with Crippen LogP contribution < -0.4 is 27.8 Å². The van der Waals surface area contributed by atoms with Gasteiger partial charge in [-0.3, -0.25) is 18.9 Å². The summed E-state index contributed by atoms with van der Waals surface area (Å²) in [5, 5.41) is 10.5. The number of aryl methyl sites for hydroxylation is 1. The first-order valence-corrected chi connectivity index (χ1v) is 12.6. The SMILES string of the molecule is Cc1cnc(Nc2cccc(CNC(=O)[C@@H](N)CCCN=C(N)N)c2)nc1-c1cnn(CC2(CF)CC2)c1. The number of carbonyl (C=O) groups excluding carboxylic acids is 1. The molecule has 202 valence electrons. The minimum atomic E-state index is -0.638. The molecule has 1 saturated carbocycles. The van der Waals surface area contributed by atoms with Crippen LogP contribution in [0.5, 0.6) is 0 Å². The molecule has 1 aliphatic rings. The van der Waals surface area contributed by atoms with E-state index in [1.807, 2.05) is 37.4 Å². The second-order valence-electron chi connectivity index (χ2n) is 9.88. The van der Waals surface area contributed by atoms with Crippen molar-refractivity contribution in [2.24, 2.45) is 27.6 Å². The number of rotatable bonds is 13. The Morgan fingerprint density at radius 2 is 2.11 bits per heavy atom. The Balaban J connectivity index is 1.35. The molecule has 3 aromatic rings. The summed E-state index contributed by atoms with van der Waals surface area (Å²) in [6.45, 7) is 2.96. The molecule has 11 nitrogen and oxygen atoms in total. The third-order valence-electron chi connectivity index (χ3n) is 6.57. The predicted octanol–water partition coefficient (Wildman–Crippen LogP) is 2.14. The van der Waals surface area contributed by atoms with E-state index >= 15 is 0 Å². The maximum Gasteiger partial charge on any atom is 0.237 e. The van der Waals surface area contributed by atoms with Crippen LogP contribution in [-0.2, 0) is 17.9 Å². The van der Waals surface area contributed by atoms with Crippen LogP contribution in [0.15, 0.2) is 47.8 Å². The summed E-state index contributed by atoms with van der Waals surface area (Å²) in [4.78, 5) is 25.3. The average molecular weight is 523 g/mol. The van der Waals surface area contributed by atoms with Gasteiger partial charge in [-0.1, -0.05) is 12.1 Å². The number of aromatic nitrogens is 4. The number of halogens is 1. The normalized spacial score (nSPS) is 14.5. The van der Waals surface area contributed by atoms with E-state index in [0.29, 0.717) is 38.4 Å². The fourth-order valence-corrected chi connectivity index (χ4v) is 4.08. The van der Waals surface area contributed by atoms with Crippen LogP contribution in [0.4, 0.5) is 16.0 Å². The number of amides is 1. The van der Waals surface area contributed by atoms with Crippen molar-refractivity contribution < 1.29 is 9.18 Å². The molecule has 1 aromatic carbocycles. The van der Waals surface area contributed by atoms with E-state index in [0.717, 1.165) is 40.9 Å². The summed E-state index contributed by atoms with van der Waals surface area (Å²) in [5.74, 6) is 0.223. The molecule has 0 bridgehead atoms. The number of alkyl halides is 1. The molecule has 1 aliphatic carbocycles. The lowest BCUT2D eigenvalue weighted by molar-refractivity contribution is -0.122. The molecular formula is C26H35FN10O. The first kappa shape index (κ1) is 27.0. The Labute approximate surface area is 221 Å². The number of hydrogen-bond acceptors (Lipinski definition) is 7. The maximum atomic E-state index is 13.3. The van der Waals surface area contributed by atoms with Crippen LogP contribution in [0.25, 0.3) is 11.3 Å². The van der Waals surface area contributed by atoms with E-state index in [9.17, 15) is 9.18 Å². The van der Waals surface area contributed by atoms with Crippen LogP contribution in [-0.4, -0.2) is 50.9 Å². The van der Waals surface area contributed by atoms with E-state index in [-0.39, 0.29) is 24.0 Å². The number of nitrogens with two attached hydrogens (primary N) is 3. The van der Waals surface area contributed by atoms with Gasteiger partial charge in [-0.15, -0.1) is 0 Å². The molecular weight excluding hydrogens is 487 g/mol. The van der Waals surface area contributed by atoms with Crippen LogP contribution in [0.1, 0.15) is 36.8 Å². The van der Waals surface area contributed by atoms with Gasteiger partial charge in [0.15, 0.2) is 5.96 Å². The Morgan fingerprint density at radius 3 is 2.84 bits per heavy atom. The highest BCUT2D eigenvalue weighted by atomic mass is 19.1. The quantitative estimate of drug-likeness (QED) is 0.129. The zero-order valence-electron chi connectivity index (χ0n) is 21.5. The maximum absolute atomic E-state index is 13.3. The lowest BCUT2D eigenvalue weighted by Gasteiger charge is -2.13. The van der Waals surface area contributed by atoms with Gasteiger partial charge in [0.1, 0.15) is 0 Å². The van der Waals surface area contributed by atoms with Crippen molar-refractivity contribution in [3.05, 3.63) is 54.0 Å². The molecule has 1 atom stereocenters. The Kier molecular flexibility index (Phi) is 8.52. The summed E-state index contributed by atoms with van der Waals surface area (Å²) in [6.07, 6.45) is 8.30. The fraction of sp³-hybridized carbons (Fsp3) is 0.423. The lowest BCUT2D eigenvalue weighted by atomic mass is 10.1. The number of hydrogen-bond donors (Lipinski definition) is 5. The van der Waals surface area contributed by atoms with Crippen LogP contribution in [0, 0.1) is 12.3 Å². The molecule has 12 heteroatoms. The molecule has 0 aliphatic heterocycles. The van der Waals surface area contributed by atoms with E-state index in [1.54, 1.807) is 17.1 Å². The van der Waals surface area contributed by atoms with Gasteiger partial charge in [0.2, 0.25) is 11.9 Å². The summed E-state index contributed by atoms with van der Waals surface area (Å²) in [5.41, 5.74) is 20.5. The van der Waals surface area contributed by atoms with Crippen molar-refractivity contribution in [3.63, 3.8) is 0 Å². The van der Waals surface area contributed by atoms with Crippen molar-refractivity contribution in [1.82, 2.24) is 25.1 Å². The lowest BCUT2D eigenvalue weighted by Crippen LogP contribution is -2.40. The minimum absolute atomic E-state index is 0.0244. The first-order chi connectivity index (χ1) is 18.3. The average Bonchev–Trinajstić information content (AvgIpc) is 3.53. The highest BCUT2D eigenvalue weighted by Gasteiger charge is 2.43. The Hall–Kier alpha value is -4.06. The number of aliphatic imine (C=N–C) groups is 1. The number of anilines is 2. The van der Waals surface area contributed by atoms with Gasteiger partial charge in [0, 0.05) is 48.7 Å². The molecule has 0 spiro atoms. The van der Waals surface area contributed by atoms with E-state index in [1.165, 1.54) is 0 Å². The first-order valence-electron chi connectivity index (χ1n) is 12.6. The summed E-state index contributed by atoms with van der Waals surface area (Å²) in [6, 6.07) is 6.97. The van der Waals surface area contributed by atoms with Crippen LogP contribution in [0.2, 0.25) is 0 Å². The van der Waals surface area contributed by atoms with Crippen molar-refractivity contribution in [3.8, 4) is 11.3 Å². The largest absolute Gasteiger partial charge is 0.370 e. The zero-order chi connectivity index (χ0) is 27.1. The molecule has 2 heterocycles. The van der Waals surface area contributed by atoms with Gasteiger partial charge in [-0.25, -0.2) is 9.97 Å². The standard InChI is InChI=1S/C26H35FN10O/c1-17-11-33-25(36-22(17)19-13-34-37(14-19)16-26(15-27)7-8-26)35-20-5-2-4-18(10-20)12-32-23(38)21(28)6-3-9-31-24(29)30/h2,4-5,10-11,13-14,21H,3,6-9,12,15-16,28H2,1H3,(H,32,38)(H4,29,30,31)(H,33,35,36)/t21-/m0/s1. The monoisotopic (exact) mass is 522 g/mol. The minimum Gasteiger partial charge on any atom is -0.370 e. The van der Waals surface area contributed by atoms with Crippen molar-refractivity contribution in [2.75, 3.05) is 18.5 Å². The van der Waals surface area contributed by atoms with Gasteiger partial charge in [-0.05, 0) is 55.9 Å². The van der Waals surface area contributed by atoms with Gasteiger partial charge in [0.25, 0.3) is 0 Å². The molecule has 2 aromatic heterocycles. The predicted molar refractivity (Wildman–Crippen MR) is 145 cm³/mol. The second kappa shape index (κ2) is 12.0. The number of nitrogens with one attached hydrogen (secondary N) is 2. The molecule has 1 amide bonds. The van der Waals surface area contributed by atoms with Crippen LogP contribution in [0.3, 0.4) is 0 Å². The number of nitrogens with zero attached hydrogens (tertiary/aromatic N) is 5. The van der Waals surface area contributed by atoms with Gasteiger partial charge in [-0.2, -0.15) is 5.10 Å². The molecule has 38 heavy (non-hydrogen) atoms. The van der Waals surface area contributed by atoms with E-state index in [2.05, 4.69) is 25.7 Å². The van der Waals surface area contributed by atoms with Gasteiger partial charge >= 0.3 is 0 Å². The molecule has 0 saturated heterocycles. The van der Waals surface area contributed by atoms with Crippen molar-refractivity contribution in [2.45, 2.75) is 51.7 Å². The van der Waals surface area contributed by atoms with Gasteiger partial charge < -0.3 is 27.8 Å². The Morgan fingerprint density at radius 1 is 1.29 bits per heavy atom. The summed E-state index contributed by atoms with van der Waals surface area (Å²) >= 11 is 0. The summed E-state index contributed by atoms with van der Waals surface area (Å²) in [7, 11) is 0. The topological polar surface area (TPSA) is 175 Å². The number of carbonyl (C=O) groups is 1. The number of guanidine groups is 1. The molecule has 8 N–H and O–H groups in total. The van der Waals surface area contributed by atoms with E-state index < -0.39 is 6.04 Å². The van der Waals surface area contributed by atoms with E-state index in [4.69, 9.17) is 22.2 Å². The molecule has 0 unspecified atom stereocenters. The third kappa shape index (κ3) is 7.25. The fourth-order valence-electron chi connectivity index (χ4n) is 4.08. The van der Waals surface area contributed by atoms with Gasteiger partial charge in [0.05, 0.1) is 24.6 Å². The summed E-state index contributed by atoms with van der Waals surface area (Å²) < 4.78 is 15.1. The van der Waals surface area contributed by atoms with Crippen molar-refractivity contribution in [1.29, 1.82) is 0 Å². The van der Waals surface area contributed by atoms with Crippen LogP contribution >= 0.6 is 0 Å². The molecule has 1 fully saturated rings. The highest BCUT2D eigenvalue weighted by Crippen LogP contribution is 2.47. The molecule has 0 radical (unpaired) electrons. The smallest absolute Gasteiger partial charge is 0.237 e. The highest BCUT2D eigenvalue weighted by molar-refractivity contribution is 5.81. The Bertz CT molecular complexity index is 1280. The number of benzene rings is 1. The third-order valence-corrected chi connectivity index (χ3v) is 6.57. The molecule has 4 rings (SSSR count). The van der Waals surface area contributed by atoms with Crippen molar-refractivity contribution >= 4 is 23.5 Å². The zero-order valence-corrected chi connectivity index (χ0v) is 21.5.